The summed E-state index contributed by atoms with van der Waals surface area (Å²) in [6, 6.07) is 12.3. The summed E-state index contributed by atoms with van der Waals surface area (Å²) in [7, 11) is 0. The van der Waals surface area contributed by atoms with E-state index in [-0.39, 0.29) is 12.3 Å². The summed E-state index contributed by atoms with van der Waals surface area (Å²) < 4.78 is 18.0. The van der Waals surface area contributed by atoms with Gasteiger partial charge < -0.3 is 19.1 Å². The zero-order chi connectivity index (χ0) is 20.3. The zero-order valence-electron chi connectivity index (χ0n) is 17.4. The number of rotatable bonds is 6. The van der Waals surface area contributed by atoms with Crippen molar-refractivity contribution in [1.82, 2.24) is 9.88 Å². The van der Waals surface area contributed by atoms with Gasteiger partial charge in [-0.1, -0.05) is 12.1 Å². The van der Waals surface area contributed by atoms with Gasteiger partial charge in [0, 0.05) is 30.6 Å². The Morgan fingerprint density at radius 1 is 1.23 bits per heavy atom. The maximum absolute atomic E-state index is 6.26. The third kappa shape index (κ3) is 4.00. The molecule has 0 radical (unpaired) electrons. The van der Waals surface area contributed by atoms with E-state index in [1.165, 1.54) is 22.4 Å². The van der Waals surface area contributed by atoms with Gasteiger partial charge in [-0.3, -0.25) is 4.98 Å². The van der Waals surface area contributed by atoms with Crippen LogP contribution in [0.3, 0.4) is 0 Å². The number of aromatic nitrogens is 1. The molecule has 1 aromatic heterocycles. The highest BCUT2D eigenvalue weighted by molar-refractivity contribution is 5.75. The Hall–Kier alpha value is -2.63. The van der Waals surface area contributed by atoms with Gasteiger partial charge in [-0.15, -0.1) is 0 Å². The van der Waals surface area contributed by atoms with Crippen molar-refractivity contribution in [3.8, 4) is 5.75 Å². The molecule has 0 bridgehead atoms. The molecule has 0 N–H and O–H groups in total. The second-order valence-electron chi connectivity index (χ2n) is 8.12. The first-order valence-corrected chi connectivity index (χ1v) is 10.8. The molecule has 2 atom stereocenters. The maximum atomic E-state index is 6.26. The van der Waals surface area contributed by atoms with Gasteiger partial charge in [0.25, 0.3) is 0 Å². The van der Waals surface area contributed by atoms with E-state index in [1.54, 1.807) is 6.20 Å². The van der Waals surface area contributed by atoms with E-state index in [4.69, 9.17) is 14.2 Å². The monoisotopic (exact) mass is 404 g/mol. The summed E-state index contributed by atoms with van der Waals surface area (Å²) in [5.74, 6) is 0.892. The summed E-state index contributed by atoms with van der Waals surface area (Å²) in [4.78, 5) is 6.72. The summed E-state index contributed by atoms with van der Waals surface area (Å²) in [6.07, 6.45) is 9.58. The number of allylic oxidation sites excluding steroid dienone is 2. The largest absolute Gasteiger partial charge is 0.487 e. The van der Waals surface area contributed by atoms with Crippen LogP contribution in [0, 0.1) is 0 Å². The van der Waals surface area contributed by atoms with Crippen molar-refractivity contribution in [2.24, 2.45) is 0 Å². The first-order valence-electron chi connectivity index (χ1n) is 10.8. The molecule has 0 spiro atoms. The molecule has 4 heterocycles. The highest BCUT2D eigenvalue weighted by Crippen LogP contribution is 2.37. The van der Waals surface area contributed by atoms with Crippen molar-refractivity contribution in [3.05, 3.63) is 77.1 Å². The van der Waals surface area contributed by atoms with Gasteiger partial charge in [0.05, 0.1) is 18.4 Å². The molecule has 5 heteroatoms. The van der Waals surface area contributed by atoms with Gasteiger partial charge in [-0.2, -0.15) is 0 Å². The molecule has 5 nitrogen and oxygen atoms in total. The summed E-state index contributed by atoms with van der Waals surface area (Å²) in [5, 5.41) is 0. The second-order valence-corrected chi connectivity index (χ2v) is 8.12. The summed E-state index contributed by atoms with van der Waals surface area (Å²) >= 11 is 0. The predicted molar refractivity (Wildman–Crippen MR) is 116 cm³/mol. The van der Waals surface area contributed by atoms with Crippen molar-refractivity contribution in [2.75, 3.05) is 19.8 Å². The van der Waals surface area contributed by atoms with Crippen LogP contribution in [0.5, 0.6) is 5.75 Å². The molecular weight excluding hydrogens is 376 g/mol. The van der Waals surface area contributed by atoms with Crippen LogP contribution >= 0.6 is 0 Å². The van der Waals surface area contributed by atoms with Gasteiger partial charge in [0.15, 0.2) is 0 Å². The Morgan fingerprint density at radius 2 is 2.20 bits per heavy atom. The molecule has 1 aromatic carbocycles. The molecule has 3 aliphatic rings. The lowest BCUT2D eigenvalue weighted by atomic mass is 9.91. The first kappa shape index (κ1) is 19.3. The van der Waals surface area contributed by atoms with Crippen LogP contribution in [0.2, 0.25) is 0 Å². The highest BCUT2D eigenvalue weighted by Gasteiger charge is 2.31. The van der Waals surface area contributed by atoms with Crippen molar-refractivity contribution in [2.45, 2.75) is 45.1 Å². The Balaban J connectivity index is 1.30. The smallest absolute Gasteiger partial charge is 0.149 e. The Kier molecular flexibility index (Phi) is 5.56. The van der Waals surface area contributed by atoms with Crippen LogP contribution < -0.4 is 4.74 Å². The average molecular weight is 405 g/mol. The highest BCUT2D eigenvalue weighted by atomic mass is 16.5. The molecule has 0 aliphatic carbocycles. The molecule has 30 heavy (non-hydrogen) atoms. The molecule has 1 saturated heterocycles. The third-order valence-electron chi connectivity index (χ3n) is 6.02. The fourth-order valence-corrected chi connectivity index (χ4v) is 4.48. The normalized spacial score (nSPS) is 22.8. The number of ether oxygens (including phenoxy) is 3. The lowest BCUT2D eigenvalue weighted by Crippen LogP contribution is -2.42. The second kappa shape index (κ2) is 8.62. The minimum Gasteiger partial charge on any atom is -0.487 e. The van der Waals surface area contributed by atoms with E-state index in [0.29, 0.717) is 13.2 Å². The SMILES string of the molecule is CC1=C2c3ccc(OCc4ccccn4)cc3CCN2C(OC[C@@H]2CCCO2)C=C1. The van der Waals surface area contributed by atoms with E-state index in [9.17, 15) is 0 Å². The summed E-state index contributed by atoms with van der Waals surface area (Å²) in [5.41, 5.74) is 6.08. The van der Waals surface area contributed by atoms with Crippen LogP contribution in [-0.2, 0) is 22.5 Å². The van der Waals surface area contributed by atoms with Crippen LogP contribution in [0.1, 0.15) is 36.6 Å². The number of nitrogens with zero attached hydrogens (tertiary/aromatic N) is 2. The molecule has 3 aliphatic heterocycles. The minimum absolute atomic E-state index is 0.0267. The van der Waals surface area contributed by atoms with E-state index >= 15 is 0 Å². The fraction of sp³-hybridized carbons (Fsp3) is 0.400. The maximum Gasteiger partial charge on any atom is 0.149 e. The molecule has 156 valence electrons. The predicted octanol–water partition coefficient (Wildman–Crippen LogP) is 4.34. The minimum atomic E-state index is -0.0267. The van der Waals surface area contributed by atoms with Crippen molar-refractivity contribution >= 4 is 5.70 Å². The van der Waals surface area contributed by atoms with Crippen molar-refractivity contribution in [3.63, 3.8) is 0 Å². The molecular formula is C25H28N2O3. The van der Waals surface area contributed by atoms with Crippen LogP contribution in [-0.4, -0.2) is 42.0 Å². The quantitative estimate of drug-likeness (QED) is 0.717. The lowest BCUT2D eigenvalue weighted by Gasteiger charge is -2.41. The lowest BCUT2D eigenvalue weighted by molar-refractivity contribution is -0.0492. The number of hydrogen-bond acceptors (Lipinski definition) is 5. The van der Waals surface area contributed by atoms with Crippen LogP contribution in [0.4, 0.5) is 0 Å². The van der Waals surface area contributed by atoms with E-state index in [2.05, 4.69) is 47.2 Å². The van der Waals surface area contributed by atoms with Crippen molar-refractivity contribution in [1.29, 1.82) is 0 Å². The topological polar surface area (TPSA) is 43.8 Å². The molecule has 0 saturated carbocycles. The number of pyridine rings is 1. The number of benzene rings is 1. The Labute approximate surface area is 178 Å². The molecule has 1 fully saturated rings. The van der Waals surface area contributed by atoms with E-state index < -0.39 is 0 Å². The number of hydrogen-bond donors (Lipinski definition) is 0. The van der Waals surface area contributed by atoms with E-state index in [1.807, 2.05) is 18.2 Å². The third-order valence-corrected chi connectivity index (χ3v) is 6.02. The van der Waals surface area contributed by atoms with Crippen LogP contribution in [0.25, 0.3) is 5.70 Å². The first-order chi connectivity index (χ1) is 14.8. The molecule has 5 rings (SSSR count). The average Bonchev–Trinajstić information content (AvgIpc) is 3.31. The van der Waals surface area contributed by atoms with Crippen molar-refractivity contribution < 1.29 is 14.2 Å². The van der Waals surface area contributed by atoms with Gasteiger partial charge >= 0.3 is 0 Å². The summed E-state index contributed by atoms with van der Waals surface area (Å²) in [6.45, 7) is 5.11. The molecule has 0 amide bonds. The Morgan fingerprint density at radius 3 is 3.03 bits per heavy atom. The van der Waals surface area contributed by atoms with Gasteiger partial charge in [0.1, 0.15) is 18.6 Å². The van der Waals surface area contributed by atoms with Gasteiger partial charge in [-0.05, 0) is 73.7 Å². The molecule has 1 unspecified atom stereocenters. The fourth-order valence-electron chi connectivity index (χ4n) is 4.48. The zero-order valence-corrected chi connectivity index (χ0v) is 17.4. The van der Waals surface area contributed by atoms with Crippen LogP contribution in [0.15, 0.2) is 60.3 Å². The van der Waals surface area contributed by atoms with Gasteiger partial charge in [-0.25, -0.2) is 0 Å². The molecule has 2 aromatic rings. The Bertz CT molecular complexity index is 948. The number of fused-ring (bicyclic) bond motifs is 3. The van der Waals surface area contributed by atoms with Gasteiger partial charge in [0.2, 0.25) is 0 Å². The standard InChI is InChI=1S/C25H28N2O3/c1-18-7-10-24(30-17-22-6-4-14-28-22)27-13-11-19-15-21(8-9-23(19)25(18)27)29-16-20-5-2-3-12-26-20/h2-3,5,7-10,12,15,22,24H,4,6,11,13-14,16-17H2,1H3/t22-,24?/m0/s1. The van der Waals surface area contributed by atoms with E-state index in [0.717, 1.165) is 43.9 Å².